The van der Waals surface area contributed by atoms with Gasteiger partial charge in [-0.1, -0.05) is 15.9 Å². The van der Waals surface area contributed by atoms with Crippen molar-refractivity contribution in [2.45, 2.75) is 6.92 Å². The minimum Gasteiger partial charge on any atom is -0.398 e. The van der Waals surface area contributed by atoms with E-state index in [4.69, 9.17) is 11.5 Å². The quantitative estimate of drug-likeness (QED) is 0.660. The predicted octanol–water partition coefficient (Wildman–Crippen LogP) is 2.55. The third-order valence-electron chi connectivity index (χ3n) is 2.68. The molecule has 18 heavy (non-hydrogen) atoms. The first-order chi connectivity index (χ1) is 8.50. The van der Waals surface area contributed by atoms with E-state index in [-0.39, 0.29) is 11.6 Å². The Bertz CT molecular complexity index is 605. The van der Waals surface area contributed by atoms with Gasteiger partial charge < -0.3 is 11.5 Å². The van der Waals surface area contributed by atoms with Gasteiger partial charge in [0, 0.05) is 21.9 Å². The lowest BCUT2D eigenvalue weighted by atomic mass is 9.99. The van der Waals surface area contributed by atoms with Crippen molar-refractivity contribution < 1.29 is 4.79 Å². The molecule has 0 bridgehead atoms. The molecule has 5 heteroatoms. The molecule has 1 aromatic carbocycles. The van der Waals surface area contributed by atoms with E-state index in [2.05, 4.69) is 20.9 Å². The monoisotopic (exact) mass is 305 g/mol. The fraction of sp³-hybridized carbons (Fsp3) is 0.0769. The van der Waals surface area contributed by atoms with Crippen LogP contribution in [0, 0.1) is 6.92 Å². The van der Waals surface area contributed by atoms with Gasteiger partial charge in [-0.25, -0.2) is 4.98 Å². The number of aryl methyl sites for hydroxylation is 1. The number of hydrogen-bond acceptors (Lipinski definition) is 4. The molecule has 0 amide bonds. The van der Waals surface area contributed by atoms with Gasteiger partial charge >= 0.3 is 0 Å². The SMILES string of the molecule is Cc1ccnc(N)c1C(=O)c1cc(Br)ccc1N. The molecule has 0 aliphatic carbocycles. The molecule has 2 aromatic rings. The Morgan fingerprint density at radius 2 is 2.00 bits per heavy atom. The average molecular weight is 306 g/mol. The van der Waals surface area contributed by atoms with Crippen LogP contribution in [-0.4, -0.2) is 10.8 Å². The molecule has 2 rings (SSSR count). The van der Waals surface area contributed by atoms with E-state index in [1.807, 2.05) is 6.92 Å². The summed E-state index contributed by atoms with van der Waals surface area (Å²) in [5, 5.41) is 0. The summed E-state index contributed by atoms with van der Waals surface area (Å²) in [5.74, 6) is 0.0104. The maximum absolute atomic E-state index is 12.4. The van der Waals surface area contributed by atoms with Crippen molar-refractivity contribution in [3.05, 3.63) is 51.6 Å². The van der Waals surface area contributed by atoms with E-state index in [0.717, 1.165) is 10.0 Å². The van der Waals surface area contributed by atoms with Gasteiger partial charge in [0.2, 0.25) is 0 Å². The summed E-state index contributed by atoms with van der Waals surface area (Å²) in [5.41, 5.74) is 13.6. The average Bonchev–Trinajstić information content (AvgIpc) is 2.32. The summed E-state index contributed by atoms with van der Waals surface area (Å²) < 4.78 is 0.792. The number of anilines is 2. The highest BCUT2D eigenvalue weighted by atomic mass is 79.9. The first kappa shape index (κ1) is 12.6. The van der Waals surface area contributed by atoms with E-state index < -0.39 is 0 Å². The molecule has 0 radical (unpaired) electrons. The zero-order valence-electron chi connectivity index (χ0n) is 9.77. The number of nitrogens with zero attached hydrogens (tertiary/aromatic N) is 1. The van der Waals surface area contributed by atoms with Crippen LogP contribution in [0.1, 0.15) is 21.5 Å². The molecule has 0 atom stereocenters. The van der Waals surface area contributed by atoms with Crippen LogP contribution < -0.4 is 11.5 Å². The van der Waals surface area contributed by atoms with Gasteiger partial charge in [-0.05, 0) is 36.8 Å². The van der Waals surface area contributed by atoms with Crippen LogP contribution in [0.3, 0.4) is 0 Å². The number of aromatic nitrogens is 1. The van der Waals surface area contributed by atoms with Gasteiger partial charge in [0.25, 0.3) is 0 Å². The Morgan fingerprint density at radius 3 is 2.67 bits per heavy atom. The number of nitrogen functional groups attached to an aromatic ring is 2. The van der Waals surface area contributed by atoms with Gasteiger partial charge in [-0.2, -0.15) is 0 Å². The molecule has 0 aliphatic rings. The van der Waals surface area contributed by atoms with Crippen LogP contribution in [0.15, 0.2) is 34.9 Å². The molecule has 0 unspecified atom stereocenters. The highest BCUT2D eigenvalue weighted by molar-refractivity contribution is 9.10. The molecule has 0 spiro atoms. The lowest BCUT2D eigenvalue weighted by molar-refractivity contribution is 0.103. The summed E-state index contributed by atoms with van der Waals surface area (Å²) in [7, 11) is 0. The van der Waals surface area contributed by atoms with Crippen molar-refractivity contribution in [3.8, 4) is 0 Å². The first-order valence-electron chi connectivity index (χ1n) is 5.31. The van der Waals surface area contributed by atoms with Crippen LogP contribution in [-0.2, 0) is 0 Å². The molecule has 0 fully saturated rings. The third kappa shape index (κ3) is 2.22. The smallest absolute Gasteiger partial charge is 0.199 e. The number of ketones is 1. The van der Waals surface area contributed by atoms with Crippen LogP contribution >= 0.6 is 15.9 Å². The van der Waals surface area contributed by atoms with E-state index >= 15 is 0 Å². The zero-order chi connectivity index (χ0) is 13.3. The fourth-order valence-corrected chi connectivity index (χ4v) is 2.10. The van der Waals surface area contributed by atoms with Crippen molar-refractivity contribution in [2.75, 3.05) is 11.5 Å². The van der Waals surface area contributed by atoms with E-state index in [1.165, 1.54) is 0 Å². The number of hydrogen-bond donors (Lipinski definition) is 2. The van der Waals surface area contributed by atoms with Gasteiger partial charge in [0.1, 0.15) is 5.82 Å². The highest BCUT2D eigenvalue weighted by Gasteiger charge is 2.18. The second-order valence-corrected chi connectivity index (χ2v) is 4.86. The van der Waals surface area contributed by atoms with Gasteiger partial charge in [-0.3, -0.25) is 4.79 Å². The molecule has 0 saturated carbocycles. The Balaban J connectivity index is 2.58. The number of rotatable bonds is 2. The highest BCUT2D eigenvalue weighted by Crippen LogP contribution is 2.24. The summed E-state index contributed by atoms with van der Waals surface area (Å²) in [6.07, 6.45) is 1.58. The molecule has 0 saturated heterocycles. The minimum atomic E-state index is -0.211. The van der Waals surface area contributed by atoms with Crippen molar-refractivity contribution in [3.63, 3.8) is 0 Å². The largest absolute Gasteiger partial charge is 0.398 e. The van der Waals surface area contributed by atoms with Gasteiger partial charge in [-0.15, -0.1) is 0 Å². The Kier molecular flexibility index (Phi) is 3.34. The topological polar surface area (TPSA) is 82.0 Å². The molecular weight excluding hydrogens is 294 g/mol. The van der Waals surface area contributed by atoms with Crippen molar-refractivity contribution in [1.82, 2.24) is 4.98 Å². The number of nitrogens with two attached hydrogens (primary N) is 2. The minimum absolute atomic E-state index is 0.211. The predicted molar refractivity (Wildman–Crippen MR) is 75.4 cm³/mol. The standard InChI is InChI=1S/C13H12BrN3O/c1-7-4-5-17-13(16)11(7)12(18)9-6-8(14)2-3-10(9)15/h2-6H,15H2,1H3,(H2,16,17). The maximum Gasteiger partial charge on any atom is 0.199 e. The van der Waals surface area contributed by atoms with Crippen LogP contribution in [0.25, 0.3) is 0 Å². The second-order valence-electron chi connectivity index (χ2n) is 3.95. The normalized spacial score (nSPS) is 10.3. The molecule has 4 nitrogen and oxygen atoms in total. The number of carbonyl (C=O) groups is 1. The molecule has 4 N–H and O–H groups in total. The molecule has 0 aliphatic heterocycles. The molecule has 92 valence electrons. The lowest BCUT2D eigenvalue weighted by Crippen LogP contribution is -2.11. The number of pyridine rings is 1. The van der Waals surface area contributed by atoms with Crippen molar-refractivity contribution in [2.24, 2.45) is 0 Å². The first-order valence-corrected chi connectivity index (χ1v) is 6.11. The summed E-state index contributed by atoms with van der Waals surface area (Å²) >= 11 is 3.32. The zero-order valence-corrected chi connectivity index (χ0v) is 11.4. The van der Waals surface area contributed by atoms with Crippen LogP contribution in [0.2, 0.25) is 0 Å². The number of carbonyl (C=O) groups excluding carboxylic acids is 1. The van der Waals surface area contributed by atoms with E-state index in [0.29, 0.717) is 16.8 Å². The van der Waals surface area contributed by atoms with Gasteiger partial charge in [0.15, 0.2) is 5.78 Å². The Morgan fingerprint density at radius 1 is 1.28 bits per heavy atom. The van der Waals surface area contributed by atoms with Crippen LogP contribution in [0.4, 0.5) is 11.5 Å². The summed E-state index contributed by atoms with van der Waals surface area (Å²) in [6, 6.07) is 6.89. The summed E-state index contributed by atoms with van der Waals surface area (Å²) in [4.78, 5) is 16.4. The van der Waals surface area contributed by atoms with E-state index in [1.54, 1.807) is 30.5 Å². The number of halogens is 1. The molecule has 1 heterocycles. The molecular formula is C13H12BrN3O. The fourth-order valence-electron chi connectivity index (χ4n) is 1.73. The maximum atomic E-state index is 12.4. The van der Waals surface area contributed by atoms with Crippen LogP contribution in [0.5, 0.6) is 0 Å². The molecule has 1 aromatic heterocycles. The Hall–Kier alpha value is -1.88. The Labute approximate surface area is 113 Å². The second kappa shape index (κ2) is 4.78. The number of benzene rings is 1. The lowest BCUT2D eigenvalue weighted by Gasteiger charge is -2.09. The van der Waals surface area contributed by atoms with Crippen molar-refractivity contribution >= 4 is 33.2 Å². The third-order valence-corrected chi connectivity index (χ3v) is 3.17. The van der Waals surface area contributed by atoms with Crippen molar-refractivity contribution in [1.29, 1.82) is 0 Å². The summed E-state index contributed by atoms with van der Waals surface area (Å²) in [6.45, 7) is 1.82. The van der Waals surface area contributed by atoms with E-state index in [9.17, 15) is 4.79 Å². The van der Waals surface area contributed by atoms with Gasteiger partial charge in [0.05, 0.1) is 5.56 Å².